The van der Waals surface area contributed by atoms with Gasteiger partial charge in [0, 0.05) is 0 Å². The average Bonchev–Trinajstić information content (AvgIpc) is 1.99. The van der Waals surface area contributed by atoms with E-state index < -0.39 is 5.34 Å². The van der Waals surface area contributed by atoms with E-state index in [1.54, 1.807) is 0 Å². The fraction of sp³-hybridized carbons (Fsp3) is 1.00. The maximum atomic E-state index is 10.1. The molecule has 0 bridgehead atoms. The molecule has 0 aromatic rings. The number of hydrogen-bond donors (Lipinski definition) is 1. The highest BCUT2D eigenvalue weighted by Crippen LogP contribution is 2.35. The Kier molecular flexibility index (Phi) is 6.13. The van der Waals surface area contributed by atoms with Gasteiger partial charge in [-0.1, -0.05) is 40.0 Å². The molecule has 0 spiro atoms. The first-order valence-electron chi connectivity index (χ1n) is 5.09. The molecule has 3 atom stereocenters. The summed E-state index contributed by atoms with van der Waals surface area (Å²) in [6.45, 7) is 6.45. The van der Waals surface area contributed by atoms with Gasteiger partial charge in [-0.05, 0) is 18.8 Å². The third-order valence-electron chi connectivity index (χ3n) is 2.49. The molecule has 12 heavy (non-hydrogen) atoms. The molecule has 0 rings (SSSR count). The maximum Gasteiger partial charge on any atom is 0.0806 e. The van der Waals surface area contributed by atoms with Crippen molar-refractivity contribution in [3.8, 4) is 0 Å². The van der Waals surface area contributed by atoms with Gasteiger partial charge in [0.15, 0.2) is 0 Å². The van der Waals surface area contributed by atoms with E-state index in [4.69, 9.17) is 0 Å². The molecule has 0 aromatic heterocycles. The molecule has 74 valence electrons. The van der Waals surface area contributed by atoms with E-state index in [2.05, 4.69) is 30.0 Å². The standard InChI is InChI=1S/C10H23OP/c1-4-7-9(6-3)10(11,12)8-5-2/h9,11H,4-8,12H2,1-3H3. The third-order valence-corrected chi connectivity index (χ3v) is 3.25. The van der Waals surface area contributed by atoms with Gasteiger partial charge in [0.05, 0.1) is 5.34 Å². The first-order chi connectivity index (χ1) is 5.58. The first-order valence-corrected chi connectivity index (χ1v) is 5.67. The molecule has 0 amide bonds. The van der Waals surface area contributed by atoms with Gasteiger partial charge in [-0.15, -0.1) is 9.24 Å². The van der Waals surface area contributed by atoms with Crippen LogP contribution >= 0.6 is 9.24 Å². The molecule has 0 saturated carbocycles. The molecular weight excluding hydrogens is 167 g/mol. The quantitative estimate of drug-likeness (QED) is 0.638. The summed E-state index contributed by atoms with van der Waals surface area (Å²) in [5, 5.41) is 9.55. The topological polar surface area (TPSA) is 20.2 Å². The summed E-state index contributed by atoms with van der Waals surface area (Å²) in [6, 6.07) is 0. The van der Waals surface area contributed by atoms with Gasteiger partial charge < -0.3 is 5.11 Å². The predicted octanol–water partition coefficient (Wildman–Crippen LogP) is 3.18. The van der Waals surface area contributed by atoms with Crippen molar-refractivity contribution in [3.05, 3.63) is 0 Å². The lowest BCUT2D eigenvalue weighted by Crippen LogP contribution is -2.30. The molecule has 3 unspecified atom stereocenters. The van der Waals surface area contributed by atoms with Crippen LogP contribution in [0.15, 0.2) is 0 Å². The summed E-state index contributed by atoms with van der Waals surface area (Å²) >= 11 is 0. The Morgan fingerprint density at radius 1 is 1.25 bits per heavy atom. The van der Waals surface area contributed by atoms with Crippen molar-refractivity contribution in [2.45, 2.75) is 58.2 Å². The normalized spacial score (nSPS) is 18.8. The molecule has 0 fully saturated rings. The van der Waals surface area contributed by atoms with Crippen molar-refractivity contribution >= 4 is 9.24 Å². The zero-order chi connectivity index (χ0) is 9.61. The van der Waals surface area contributed by atoms with E-state index in [0.717, 1.165) is 25.7 Å². The minimum atomic E-state index is -0.514. The Bertz CT molecular complexity index is 112. The Balaban J connectivity index is 4.05. The molecule has 0 aliphatic carbocycles. The smallest absolute Gasteiger partial charge is 0.0806 e. The van der Waals surface area contributed by atoms with Crippen LogP contribution in [0.5, 0.6) is 0 Å². The molecule has 0 aliphatic heterocycles. The van der Waals surface area contributed by atoms with Gasteiger partial charge in [0.1, 0.15) is 0 Å². The predicted molar refractivity (Wildman–Crippen MR) is 58.3 cm³/mol. The van der Waals surface area contributed by atoms with Gasteiger partial charge in [-0.25, -0.2) is 0 Å². The van der Waals surface area contributed by atoms with E-state index >= 15 is 0 Å². The fourth-order valence-corrected chi connectivity index (χ4v) is 2.45. The van der Waals surface area contributed by atoms with Crippen molar-refractivity contribution in [1.82, 2.24) is 0 Å². The SMILES string of the molecule is CCCC(CC)C(O)(P)CCC. The second-order valence-electron chi connectivity index (χ2n) is 3.64. The van der Waals surface area contributed by atoms with Crippen LogP contribution in [0, 0.1) is 5.92 Å². The second-order valence-corrected chi connectivity index (χ2v) is 4.63. The minimum Gasteiger partial charge on any atom is -0.386 e. The summed E-state index contributed by atoms with van der Waals surface area (Å²) in [7, 11) is 2.63. The highest BCUT2D eigenvalue weighted by molar-refractivity contribution is 7.18. The highest BCUT2D eigenvalue weighted by atomic mass is 31.0. The van der Waals surface area contributed by atoms with E-state index in [1.165, 1.54) is 6.42 Å². The van der Waals surface area contributed by atoms with Crippen LogP contribution in [0.4, 0.5) is 0 Å². The fourth-order valence-electron chi connectivity index (χ4n) is 1.76. The summed E-state index contributed by atoms with van der Waals surface area (Å²) in [5.41, 5.74) is 0. The van der Waals surface area contributed by atoms with E-state index in [1.807, 2.05) is 0 Å². The molecule has 0 saturated heterocycles. The molecule has 0 aromatic carbocycles. The van der Waals surface area contributed by atoms with Crippen molar-refractivity contribution in [3.63, 3.8) is 0 Å². The van der Waals surface area contributed by atoms with Crippen LogP contribution in [0.3, 0.4) is 0 Å². The summed E-state index contributed by atoms with van der Waals surface area (Å²) in [6.07, 6.45) is 5.33. The van der Waals surface area contributed by atoms with Crippen LogP contribution in [-0.4, -0.2) is 10.4 Å². The van der Waals surface area contributed by atoms with Crippen molar-refractivity contribution in [2.24, 2.45) is 5.92 Å². The van der Waals surface area contributed by atoms with Crippen molar-refractivity contribution < 1.29 is 5.11 Å². The lowest BCUT2D eigenvalue weighted by Gasteiger charge is -2.31. The van der Waals surface area contributed by atoms with E-state index in [0.29, 0.717) is 5.92 Å². The monoisotopic (exact) mass is 190 g/mol. The molecular formula is C10H23OP. The number of aliphatic hydroxyl groups is 1. The van der Waals surface area contributed by atoms with Crippen LogP contribution in [0.2, 0.25) is 0 Å². The van der Waals surface area contributed by atoms with E-state index in [-0.39, 0.29) is 0 Å². The molecule has 1 nitrogen and oxygen atoms in total. The van der Waals surface area contributed by atoms with Gasteiger partial charge in [-0.2, -0.15) is 0 Å². The van der Waals surface area contributed by atoms with Gasteiger partial charge >= 0.3 is 0 Å². The Morgan fingerprint density at radius 3 is 2.17 bits per heavy atom. The zero-order valence-corrected chi connectivity index (χ0v) is 9.79. The van der Waals surface area contributed by atoms with Crippen molar-refractivity contribution in [1.29, 1.82) is 0 Å². The second kappa shape index (κ2) is 5.94. The van der Waals surface area contributed by atoms with Gasteiger partial charge in [0.2, 0.25) is 0 Å². The first kappa shape index (κ1) is 12.4. The molecule has 0 aliphatic rings. The molecule has 1 N–H and O–H groups in total. The van der Waals surface area contributed by atoms with Gasteiger partial charge in [0.25, 0.3) is 0 Å². The Hall–Kier alpha value is 0.390. The Labute approximate surface area is 79.1 Å². The van der Waals surface area contributed by atoms with Crippen LogP contribution in [0.25, 0.3) is 0 Å². The summed E-state index contributed by atoms with van der Waals surface area (Å²) in [4.78, 5) is 0. The maximum absolute atomic E-state index is 10.1. The molecule has 0 radical (unpaired) electrons. The van der Waals surface area contributed by atoms with Crippen LogP contribution in [0.1, 0.15) is 52.9 Å². The number of rotatable bonds is 6. The summed E-state index contributed by atoms with van der Waals surface area (Å²) in [5.74, 6) is 0.451. The van der Waals surface area contributed by atoms with Crippen molar-refractivity contribution in [2.75, 3.05) is 0 Å². The molecule has 2 heteroatoms. The lowest BCUT2D eigenvalue weighted by atomic mass is 9.91. The third kappa shape index (κ3) is 3.87. The van der Waals surface area contributed by atoms with E-state index in [9.17, 15) is 5.11 Å². The Morgan fingerprint density at radius 2 is 1.83 bits per heavy atom. The average molecular weight is 190 g/mol. The lowest BCUT2D eigenvalue weighted by molar-refractivity contribution is 0.0542. The minimum absolute atomic E-state index is 0.451. The highest BCUT2D eigenvalue weighted by Gasteiger charge is 2.28. The number of hydrogen-bond acceptors (Lipinski definition) is 1. The zero-order valence-electron chi connectivity index (χ0n) is 8.64. The summed E-state index contributed by atoms with van der Waals surface area (Å²) < 4.78 is 0. The van der Waals surface area contributed by atoms with Crippen LogP contribution < -0.4 is 0 Å². The van der Waals surface area contributed by atoms with Gasteiger partial charge in [-0.3, -0.25) is 0 Å². The largest absolute Gasteiger partial charge is 0.386 e. The molecule has 0 heterocycles. The van der Waals surface area contributed by atoms with Crippen LogP contribution in [-0.2, 0) is 0 Å².